The fourth-order valence-corrected chi connectivity index (χ4v) is 3.08. The molecule has 7 heteroatoms. The van der Waals surface area contributed by atoms with Crippen molar-refractivity contribution in [1.82, 2.24) is 19.8 Å². The van der Waals surface area contributed by atoms with Crippen molar-refractivity contribution in [3.8, 4) is 0 Å². The number of carbonyl (C=O) groups is 2. The number of hydrogen-bond donors (Lipinski definition) is 1. The molecule has 0 saturated carbocycles. The summed E-state index contributed by atoms with van der Waals surface area (Å²) in [6.07, 6.45) is 5.80. The fourth-order valence-electron chi connectivity index (χ4n) is 3.08. The zero-order valence-corrected chi connectivity index (χ0v) is 14.7. The van der Waals surface area contributed by atoms with Gasteiger partial charge in [0.2, 0.25) is 5.91 Å². The van der Waals surface area contributed by atoms with Gasteiger partial charge in [0.15, 0.2) is 0 Å². The maximum Gasteiger partial charge on any atom is 0.271 e. The van der Waals surface area contributed by atoms with Crippen LogP contribution in [0.4, 0.5) is 0 Å². The molecule has 7 nitrogen and oxygen atoms in total. The molecule has 0 bridgehead atoms. The van der Waals surface area contributed by atoms with E-state index in [0.717, 1.165) is 18.7 Å². The first-order chi connectivity index (χ1) is 12.1. The first-order valence-electron chi connectivity index (χ1n) is 8.77. The van der Waals surface area contributed by atoms with E-state index in [0.29, 0.717) is 37.5 Å². The van der Waals surface area contributed by atoms with Crippen LogP contribution in [0.2, 0.25) is 0 Å². The molecule has 0 radical (unpaired) electrons. The molecule has 0 aromatic carbocycles. The number of unbranched alkanes of at least 4 members (excludes halogenated alkanes) is 1. The van der Waals surface area contributed by atoms with E-state index in [4.69, 9.17) is 4.42 Å². The molecule has 0 saturated heterocycles. The number of hydrogen-bond acceptors (Lipinski definition) is 4. The van der Waals surface area contributed by atoms with Gasteiger partial charge in [0.1, 0.15) is 17.3 Å². The number of imidazole rings is 1. The minimum atomic E-state index is -0.241. The molecule has 2 aromatic rings. The molecule has 0 aliphatic carbocycles. The first-order valence-corrected chi connectivity index (χ1v) is 8.77. The van der Waals surface area contributed by atoms with E-state index in [9.17, 15) is 9.59 Å². The predicted molar refractivity (Wildman–Crippen MR) is 91.8 cm³/mol. The summed E-state index contributed by atoms with van der Waals surface area (Å²) in [5, 5.41) is 2.80. The highest BCUT2D eigenvalue weighted by Gasteiger charge is 2.30. The number of furan rings is 1. The Morgan fingerprint density at radius 3 is 2.96 bits per heavy atom. The number of rotatable bonds is 6. The topological polar surface area (TPSA) is 80.4 Å². The van der Waals surface area contributed by atoms with E-state index in [1.807, 2.05) is 16.4 Å². The summed E-state index contributed by atoms with van der Waals surface area (Å²) >= 11 is 0. The highest BCUT2D eigenvalue weighted by Crippen LogP contribution is 2.25. The van der Waals surface area contributed by atoms with Crippen LogP contribution >= 0.6 is 0 Å². The smallest absolute Gasteiger partial charge is 0.271 e. The van der Waals surface area contributed by atoms with Crippen LogP contribution in [-0.2, 0) is 17.9 Å². The van der Waals surface area contributed by atoms with Gasteiger partial charge in [-0.3, -0.25) is 9.59 Å². The third-order valence-corrected chi connectivity index (χ3v) is 4.53. The van der Waals surface area contributed by atoms with Crippen LogP contribution in [0.1, 0.15) is 61.2 Å². The molecule has 1 aliphatic heterocycles. The van der Waals surface area contributed by atoms with Gasteiger partial charge >= 0.3 is 0 Å². The molecule has 0 fully saturated rings. The Labute approximate surface area is 147 Å². The number of aromatic nitrogens is 2. The van der Waals surface area contributed by atoms with Gasteiger partial charge in [0.05, 0.1) is 18.8 Å². The molecule has 3 rings (SSSR count). The second kappa shape index (κ2) is 7.55. The SMILES string of the molecule is CCCCC(=O)N1CCn2cc(C(=O)NCc3ccco3)nc2[C@H]1C. The van der Waals surface area contributed by atoms with Gasteiger partial charge in [-0.05, 0) is 25.5 Å². The van der Waals surface area contributed by atoms with Crippen LogP contribution in [0.25, 0.3) is 0 Å². The van der Waals surface area contributed by atoms with E-state index in [-0.39, 0.29) is 17.9 Å². The van der Waals surface area contributed by atoms with E-state index in [2.05, 4.69) is 17.2 Å². The zero-order valence-electron chi connectivity index (χ0n) is 14.7. The normalized spacial score (nSPS) is 16.6. The quantitative estimate of drug-likeness (QED) is 0.873. The monoisotopic (exact) mass is 344 g/mol. The average Bonchev–Trinajstić information content (AvgIpc) is 3.27. The van der Waals surface area contributed by atoms with Crippen molar-refractivity contribution >= 4 is 11.8 Å². The highest BCUT2D eigenvalue weighted by atomic mass is 16.3. The molecule has 2 aromatic heterocycles. The van der Waals surface area contributed by atoms with Crippen LogP contribution in [0.3, 0.4) is 0 Å². The van der Waals surface area contributed by atoms with Gasteiger partial charge < -0.3 is 19.2 Å². The third-order valence-electron chi connectivity index (χ3n) is 4.53. The van der Waals surface area contributed by atoms with Crippen molar-refractivity contribution in [2.75, 3.05) is 6.54 Å². The Balaban J connectivity index is 1.67. The third kappa shape index (κ3) is 3.75. The number of amides is 2. The average molecular weight is 344 g/mol. The lowest BCUT2D eigenvalue weighted by atomic mass is 10.1. The van der Waals surface area contributed by atoms with Crippen LogP contribution < -0.4 is 5.32 Å². The molecule has 1 aliphatic rings. The van der Waals surface area contributed by atoms with Crippen molar-refractivity contribution < 1.29 is 14.0 Å². The summed E-state index contributed by atoms with van der Waals surface area (Å²) in [4.78, 5) is 31.0. The van der Waals surface area contributed by atoms with E-state index >= 15 is 0 Å². The van der Waals surface area contributed by atoms with Gasteiger partial charge in [-0.15, -0.1) is 0 Å². The Hall–Kier alpha value is -2.57. The lowest BCUT2D eigenvalue weighted by Crippen LogP contribution is -2.41. The second-order valence-electron chi connectivity index (χ2n) is 6.31. The van der Waals surface area contributed by atoms with Crippen molar-refractivity contribution in [2.24, 2.45) is 0 Å². The van der Waals surface area contributed by atoms with Crippen LogP contribution in [0.5, 0.6) is 0 Å². The van der Waals surface area contributed by atoms with Crippen molar-refractivity contribution in [1.29, 1.82) is 0 Å². The van der Waals surface area contributed by atoms with Crippen LogP contribution in [0.15, 0.2) is 29.0 Å². The molecule has 25 heavy (non-hydrogen) atoms. The van der Waals surface area contributed by atoms with Gasteiger partial charge in [0.25, 0.3) is 5.91 Å². The summed E-state index contributed by atoms with van der Waals surface area (Å²) in [7, 11) is 0. The number of nitrogens with one attached hydrogen (secondary N) is 1. The van der Waals surface area contributed by atoms with Crippen molar-refractivity contribution in [3.05, 3.63) is 41.9 Å². The first kappa shape index (κ1) is 17.3. The predicted octanol–water partition coefficient (Wildman–Crippen LogP) is 2.50. The molecule has 2 amide bonds. The van der Waals surface area contributed by atoms with E-state index in [1.165, 1.54) is 0 Å². The fraction of sp³-hybridized carbons (Fsp3) is 0.500. The molecule has 1 N–H and O–H groups in total. The maximum atomic E-state index is 12.4. The molecule has 0 spiro atoms. The second-order valence-corrected chi connectivity index (χ2v) is 6.31. The Morgan fingerprint density at radius 2 is 2.24 bits per heavy atom. The number of fused-ring (bicyclic) bond motifs is 1. The van der Waals surface area contributed by atoms with Crippen molar-refractivity contribution in [2.45, 2.75) is 52.2 Å². The van der Waals surface area contributed by atoms with Crippen LogP contribution in [0, 0.1) is 0 Å². The molecular formula is C18H24N4O3. The largest absolute Gasteiger partial charge is 0.467 e. The molecule has 3 heterocycles. The van der Waals surface area contributed by atoms with Crippen molar-refractivity contribution in [3.63, 3.8) is 0 Å². The van der Waals surface area contributed by atoms with Gasteiger partial charge in [-0.2, -0.15) is 0 Å². The summed E-state index contributed by atoms with van der Waals surface area (Å²) < 4.78 is 7.17. The zero-order chi connectivity index (χ0) is 17.8. The number of carbonyl (C=O) groups excluding carboxylic acids is 2. The van der Waals surface area contributed by atoms with Gasteiger partial charge in [0, 0.05) is 25.7 Å². The van der Waals surface area contributed by atoms with E-state index in [1.54, 1.807) is 24.6 Å². The molecule has 1 atom stereocenters. The lowest BCUT2D eigenvalue weighted by molar-refractivity contribution is -0.134. The highest BCUT2D eigenvalue weighted by molar-refractivity contribution is 5.92. The molecule has 0 unspecified atom stereocenters. The maximum absolute atomic E-state index is 12.4. The summed E-state index contributed by atoms with van der Waals surface area (Å²) in [6, 6.07) is 3.47. The molecular weight excluding hydrogens is 320 g/mol. The van der Waals surface area contributed by atoms with Gasteiger partial charge in [-0.25, -0.2) is 4.98 Å². The lowest BCUT2D eigenvalue weighted by Gasteiger charge is -2.33. The van der Waals surface area contributed by atoms with Gasteiger partial charge in [-0.1, -0.05) is 13.3 Å². The van der Waals surface area contributed by atoms with E-state index < -0.39 is 0 Å². The summed E-state index contributed by atoms with van der Waals surface area (Å²) in [6.45, 7) is 5.68. The summed E-state index contributed by atoms with van der Waals surface area (Å²) in [5.74, 6) is 1.37. The number of nitrogens with zero attached hydrogens (tertiary/aromatic N) is 3. The minimum Gasteiger partial charge on any atom is -0.467 e. The Kier molecular flexibility index (Phi) is 5.21. The Bertz CT molecular complexity index is 736. The Morgan fingerprint density at radius 1 is 1.40 bits per heavy atom. The summed E-state index contributed by atoms with van der Waals surface area (Å²) in [5.41, 5.74) is 0.372. The minimum absolute atomic E-state index is 0.121. The molecule has 134 valence electrons. The van der Waals surface area contributed by atoms with Crippen LogP contribution in [-0.4, -0.2) is 32.8 Å². The standard InChI is InChI=1S/C18H24N4O3/c1-3-4-7-16(23)22-9-8-21-12-15(20-17(21)13(22)2)18(24)19-11-14-6-5-10-25-14/h5-6,10,12-13H,3-4,7-9,11H2,1-2H3,(H,19,24)/t13-/m1/s1.